The molecule has 1 fully saturated rings. The predicted molar refractivity (Wildman–Crippen MR) is 53.6 cm³/mol. The smallest absolute Gasteiger partial charge is 0.380 e. The molecule has 1 N–H and O–H groups in total. The Labute approximate surface area is 90.3 Å². The molecule has 1 saturated heterocycles. The van der Waals surface area contributed by atoms with E-state index in [0.29, 0.717) is 0 Å². The monoisotopic (exact) mass is 237 g/mol. The minimum absolute atomic E-state index is 0.0306. The van der Waals surface area contributed by atoms with E-state index >= 15 is 0 Å². The van der Waals surface area contributed by atoms with E-state index in [1.165, 1.54) is 0 Å². The number of hydrogen-bond acceptors (Lipinski definition) is 3. The highest BCUT2D eigenvalue weighted by Crippen LogP contribution is 2.40. The van der Waals surface area contributed by atoms with Crippen LogP contribution in [0.4, 0.5) is 0 Å². The summed E-state index contributed by atoms with van der Waals surface area (Å²) < 4.78 is 20.2. The van der Waals surface area contributed by atoms with Gasteiger partial charge in [0.05, 0.1) is 11.0 Å². The fourth-order valence-electron chi connectivity index (χ4n) is 1.38. The molecule has 0 amide bonds. The molecule has 0 aliphatic carbocycles. The van der Waals surface area contributed by atoms with Crippen molar-refractivity contribution in [3.05, 3.63) is 0 Å². The van der Waals surface area contributed by atoms with Gasteiger partial charge >= 0.3 is 8.25 Å². The molecule has 78 valence electrons. The average molecular weight is 237 g/mol. The molecule has 1 heterocycles. The molecule has 0 aromatic heterocycles. The Kier molecular flexibility index (Phi) is 3.95. The molecule has 7 heteroatoms. The molecule has 2 unspecified atom stereocenters. The molecule has 1 aliphatic rings. The van der Waals surface area contributed by atoms with E-state index in [1.807, 2.05) is 6.92 Å². The van der Waals surface area contributed by atoms with E-state index in [9.17, 15) is 4.57 Å². The SMILES string of the molecule is [B][C@@H]1OC(CO[P+](=O)O)[C@@H](C)[C@]1(C)Cl. The zero-order valence-corrected chi connectivity index (χ0v) is 9.66. The Morgan fingerprint density at radius 1 is 1.79 bits per heavy atom. The normalized spacial score (nSPS) is 44.0. The number of halogens is 1. The number of rotatable bonds is 3. The molecule has 2 radical (unpaired) electrons. The first-order valence-electron chi connectivity index (χ1n) is 4.24. The van der Waals surface area contributed by atoms with Gasteiger partial charge in [0.2, 0.25) is 0 Å². The van der Waals surface area contributed by atoms with Crippen LogP contribution < -0.4 is 0 Å². The van der Waals surface area contributed by atoms with Crippen LogP contribution in [0.25, 0.3) is 0 Å². The van der Waals surface area contributed by atoms with Gasteiger partial charge in [-0.1, -0.05) is 6.92 Å². The van der Waals surface area contributed by atoms with Crippen molar-refractivity contribution in [2.24, 2.45) is 5.92 Å². The summed E-state index contributed by atoms with van der Waals surface area (Å²) in [4.78, 5) is 7.80. The summed E-state index contributed by atoms with van der Waals surface area (Å²) in [6, 6.07) is -0.579. The minimum atomic E-state index is -2.59. The van der Waals surface area contributed by atoms with Gasteiger partial charge in [0, 0.05) is 16.5 Å². The third-order valence-electron chi connectivity index (χ3n) is 2.67. The lowest BCUT2D eigenvalue weighted by atomic mass is 9.81. The third-order valence-corrected chi connectivity index (χ3v) is 3.60. The molecule has 0 spiro atoms. The highest BCUT2D eigenvalue weighted by Gasteiger charge is 2.48. The number of ether oxygens (including phenoxy) is 1. The highest BCUT2D eigenvalue weighted by molar-refractivity contribution is 7.32. The van der Waals surface area contributed by atoms with Crippen molar-refractivity contribution in [2.45, 2.75) is 30.8 Å². The van der Waals surface area contributed by atoms with Crippen molar-refractivity contribution in [3.8, 4) is 0 Å². The van der Waals surface area contributed by atoms with Gasteiger partial charge in [0.1, 0.15) is 14.5 Å². The fraction of sp³-hybridized carbons (Fsp3) is 1.00. The summed E-state index contributed by atoms with van der Waals surface area (Å²) in [6.45, 7) is 3.68. The summed E-state index contributed by atoms with van der Waals surface area (Å²) >= 11 is 6.14. The molecular weight excluding hydrogens is 225 g/mol. The first-order valence-corrected chi connectivity index (χ1v) is 5.75. The Morgan fingerprint density at radius 2 is 2.36 bits per heavy atom. The lowest BCUT2D eigenvalue weighted by Gasteiger charge is -2.24. The van der Waals surface area contributed by atoms with E-state index in [2.05, 4.69) is 4.52 Å². The second-order valence-electron chi connectivity index (χ2n) is 3.57. The second kappa shape index (κ2) is 4.46. The Balaban J connectivity index is 2.54. The van der Waals surface area contributed by atoms with E-state index in [1.54, 1.807) is 6.92 Å². The minimum Gasteiger partial charge on any atom is -0.380 e. The predicted octanol–water partition coefficient (Wildman–Crippen LogP) is 1.18. The molecule has 0 bridgehead atoms. The zero-order chi connectivity index (χ0) is 10.9. The number of alkyl halides is 1. The van der Waals surface area contributed by atoms with Crippen LogP contribution in [0.3, 0.4) is 0 Å². The topological polar surface area (TPSA) is 55.8 Å². The van der Waals surface area contributed by atoms with Gasteiger partial charge in [-0.2, -0.15) is 0 Å². The second-order valence-corrected chi connectivity index (χ2v) is 5.12. The highest BCUT2D eigenvalue weighted by atomic mass is 35.5. The standard InChI is InChI=1S/C7H11BClO4P/c1-4-5(3-12-14(10)11)13-6(8)7(4,2)9/h4-6H,3H2,1-2H3/p+1/t4-,5?,6-,7+/m1/s1. The van der Waals surface area contributed by atoms with Crippen molar-refractivity contribution in [2.75, 3.05) is 6.61 Å². The van der Waals surface area contributed by atoms with Crippen LogP contribution in [-0.4, -0.2) is 36.3 Å². The van der Waals surface area contributed by atoms with Crippen LogP contribution in [0.5, 0.6) is 0 Å². The molecule has 1 rings (SSSR count). The van der Waals surface area contributed by atoms with Gasteiger partial charge in [-0.05, 0) is 6.92 Å². The zero-order valence-electron chi connectivity index (χ0n) is 8.01. The largest absolute Gasteiger partial charge is 0.694 e. The molecule has 0 aromatic carbocycles. The van der Waals surface area contributed by atoms with Gasteiger partial charge in [0.15, 0.2) is 0 Å². The van der Waals surface area contributed by atoms with Crippen LogP contribution in [-0.2, 0) is 13.8 Å². The van der Waals surface area contributed by atoms with E-state index < -0.39 is 19.1 Å². The summed E-state index contributed by atoms with van der Waals surface area (Å²) in [6.07, 6.45) is -0.335. The lowest BCUT2D eigenvalue weighted by molar-refractivity contribution is 0.0357. The number of hydrogen-bond donors (Lipinski definition) is 1. The van der Waals surface area contributed by atoms with Crippen molar-refractivity contribution >= 4 is 27.7 Å². The average Bonchev–Trinajstić information content (AvgIpc) is 2.26. The van der Waals surface area contributed by atoms with E-state index in [-0.39, 0.29) is 18.6 Å². The molecule has 5 atom stereocenters. The molecule has 0 saturated carbocycles. The van der Waals surface area contributed by atoms with Gasteiger partial charge < -0.3 is 4.74 Å². The van der Waals surface area contributed by atoms with E-state index in [4.69, 9.17) is 29.1 Å². The molecular formula is C7H12BClO4P+. The third kappa shape index (κ3) is 2.47. The molecule has 14 heavy (non-hydrogen) atoms. The first-order chi connectivity index (χ1) is 6.35. The quantitative estimate of drug-likeness (QED) is 0.455. The molecule has 4 nitrogen and oxygen atoms in total. The lowest BCUT2D eigenvalue weighted by Crippen LogP contribution is -2.34. The van der Waals surface area contributed by atoms with Gasteiger partial charge in [0.25, 0.3) is 0 Å². The van der Waals surface area contributed by atoms with Crippen molar-refractivity contribution in [1.82, 2.24) is 0 Å². The van der Waals surface area contributed by atoms with Gasteiger partial charge in [-0.3, -0.25) is 0 Å². The fourth-order valence-corrected chi connectivity index (χ4v) is 1.85. The maximum Gasteiger partial charge on any atom is 0.694 e. The summed E-state index contributed by atoms with van der Waals surface area (Å²) in [5.41, 5.74) is 0. The maximum atomic E-state index is 10.3. The Morgan fingerprint density at radius 3 is 2.71 bits per heavy atom. The maximum absolute atomic E-state index is 10.3. The van der Waals surface area contributed by atoms with Crippen LogP contribution >= 0.6 is 19.9 Å². The van der Waals surface area contributed by atoms with Crippen LogP contribution in [0, 0.1) is 5.92 Å². The summed E-state index contributed by atoms with van der Waals surface area (Å²) in [7, 11) is 3.06. The van der Waals surface area contributed by atoms with Crippen molar-refractivity contribution in [3.63, 3.8) is 0 Å². The Hall–Kier alpha value is 0.335. The van der Waals surface area contributed by atoms with E-state index in [0.717, 1.165) is 0 Å². The van der Waals surface area contributed by atoms with Gasteiger partial charge in [-0.25, -0.2) is 0 Å². The summed E-state index contributed by atoms with van der Waals surface area (Å²) in [5.74, 6) is -0.0332. The first kappa shape index (κ1) is 12.4. The van der Waals surface area contributed by atoms with Crippen molar-refractivity contribution in [1.29, 1.82) is 0 Å². The summed E-state index contributed by atoms with van der Waals surface area (Å²) in [5, 5.41) is 0. The molecule has 1 aliphatic heterocycles. The van der Waals surface area contributed by atoms with Crippen LogP contribution in [0.15, 0.2) is 0 Å². The van der Waals surface area contributed by atoms with Crippen LogP contribution in [0.1, 0.15) is 13.8 Å². The molecule has 0 aromatic rings. The Bertz CT molecular complexity index is 238. The van der Waals surface area contributed by atoms with Crippen LogP contribution in [0.2, 0.25) is 0 Å². The van der Waals surface area contributed by atoms with Crippen molar-refractivity contribution < 1.29 is 18.7 Å². The van der Waals surface area contributed by atoms with Gasteiger partial charge in [-0.15, -0.1) is 21.0 Å².